The number of benzene rings is 2. The van der Waals surface area contributed by atoms with Crippen molar-refractivity contribution in [2.24, 2.45) is 0 Å². The molecule has 132 valence electrons. The van der Waals surface area contributed by atoms with Gasteiger partial charge in [0.25, 0.3) is 0 Å². The molecule has 0 N–H and O–H groups in total. The van der Waals surface area contributed by atoms with Crippen LogP contribution in [0.1, 0.15) is 29.0 Å². The Morgan fingerprint density at radius 1 is 1.00 bits per heavy atom. The van der Waals surface area contributed by atoms with Crippen LogP contribution in [0.5, 0.6) is 0 Å². The summed E-state index contributed by atoms with van der Waals surface area (Å²) in [6.45, 7) is -0.0288. The van der Waals surface area contributed by atoms with Gasteiger partial charge < -0.3 is 9.26 Å². The molecule has 0 spiro atoms. The van der Waals surface area contributed by atoms with Crippen LogP contribution in [0.25, 0.3) is 11.3 Å². The highest BCUT2D eigenvalue weighted by atomic mass is 35.5. The molecule has 0 aliphatic heterocycles. The minimum Gasteiger partial charge on any atom is -0.457 e. The monoisotopic (exact) mass is 369 g/mol. The lowest BCUT2D eigenvalue weighted by Crippen LogP contribution is -2.08. The molecule has 0 radical (unpaired) electrons. The minimum atomic E-state index is -0.460. The van der Waals surface area contributed by atoms with E-state index in [1.807, 2.05) is 18.2 Å². The van der Waals surface area contributed by atoms with Crippen molar-refractivity contribution in [1.29, 1.82) is 0 Å². The van der Waals surface area contributed by atoms with Crippen LogP contribution in [-0.4, -0.2) is 16.9 Å². The quantitative estimate of drug-likeness (QED) is 0.446. The van der Waals surface area contributed by atoms with Gasteiger partial charge in [-0.25, -0.2) is 0 Å². The number of hydrogen-bond acceptors (Lipinski definition) is 5. The molecular formula is C20H16ClNO4. The average molecular weight is 370 g/mol. The standard InChI is InChI=1S/C20H16ClNO4/c21-16-8-6-14(7-9-16)18-12-17(26-22-18)13-25-20(24)11-10-19(23)15-4-2-1-3-5-15/h1-9,12H,10-11,13H2. The van der Waals surface area contributed by atoms with E-state index in [-0.39, 0.29) is 25.2 Å². The Morgan fingerprint density at radius 2 is 1.73 bits per heavy atom. The molecule has 0 saturated carbocycles. The second-order valence-corrected chi connectivity index (χ2v) is 6.07. The molecule has 0 unspecified atom stereocenters. The maximum absolute atomic E-state index is 12.0. The molecule has 3 rings (SSSR count). The third-order valence-electron chi connectivity index (χ3n) is 3.73. The molecule has 0 bridgehead atoms. The maximum Gasteiger partial charge on any atom is 0.306 e. The maximum atomic E-state index is 12.0. The van der Waals surface area contributed by atoms with E-state index in [0.29, 0.717) is 22.0 Å². The normalized spacial score (nSPS) is 10.5. The van der Waals surface area contributed by atoms with E-state index in [4.69, 9.17) is 20.9 Å². The zero-order valence-corrected chi connectivity index (χ0v) is 14.6. The van der Waals surface area contributed by atoms with E-state index in [1.165, 1.54) is 0 Å². The van der Waals surface area contributed by atoms with Gasteiger partial charge in [-0.1, -0.05) is 59.2 Å². The fraction of sp³-hybridized carbons (Fsp3) is 0.150. The molecule has 2 aromatic carbocycles. The Morgan fingerprint density at radius 3 is 2.46 bits per heavy atom. The minimum absolute atomic E-state index is 0.0197. The van der Waals surface area contributed by atoms with E-state index in [0.717, 1.165) is 5.56 Å². The highest BCUT2D eigenvalue weighted by molar-refractivity contribution is 6.30. The molecule has 26 heavy (non-hydrogen) atoms. The lowest BCUT2D eigenvalue weighted by molar-refractivity contribution is -0.145. The van der Waals surface area contributed by atoms with Gasteiger partial charge in [0, 0.05) is 28.6 Å². The highest BCUT2D eigenvalue weighted by Gasteiger charge is 2.12. The second-order valence-electron chi connectivity index (χ2n) is 5.64. The topological polar surface area (TPSA) is 69.4 Å². The van der Waals surface area contributed by atoms with Gasteiger partial charge in [-0.05, 0) is 12.1 Å². The summed E-state index contributed by atoms with van der Waals surface area (Å²) in [4.78, 5) is 23.8. The summed E-state index contributed by atoms with van der Waals surface area (Å²) in [5.74, 6) is -0.122. The van der Waals surface area contributed by atoms with Crippen LogP contribution in [0.15, 0.2) is 65.2 Å². The predicted molar refractivity (Wildman–Crippen MR) is 96.8 cm³/mol. The number of Topliss-reactive ketones (excluding diaryl/α,β-unsaturated/α-hetero) is 1. The van der Waals surface area contributed by atoms with E-state index >= 15 is 0 Å². The Hall–Kier alpha value is -2.92. The molecule has 0 aliphatic rings. The number of hydrogen-bond donors (Lipinski definition) is 0. The largest absolute Gasteiger partial charge is 0.457 e. The third-order valence-corrected chi connectivity index (χ3v) is 3.98. The number of carbonyl (C=O) groups excluding carboxylic acids is 2. The van der Waals surface area contributed by atoms with Gasteiger partial charge in [-0.15, -0.1) is 0 Å². The summed E-state index contributed by atoms with van der Waals surface area (Å²) in [6.07, 6.45) is 0.126. The van der Waals surface area contributed by atoms with Crippen molar-refractivity contribution in [1.82, 2.24) is 5.16 Å². The zero-order chi connectivity index (χ0) is 18.4. The lowest BCUT2D eigenvalue weighted by atomic mass is 10.1. The van der Waals surface area contributed by atoms with Crippen LogP contribution in [0.4, 0.5) is 0 Å². The number of esters is 1. The lowest BCUT2D eigenvalue weighted by Gasteiger charge is -2.02. The van der Waals surface area contributed by atoms with Gasteiger partial charge in [0.05, 0.1) is 6.42 Å². The fourth-order valence-corrected chi connectivity index (χ4v) is 2.47. The molecule has 1 aromatic heterocycles. The predicted octanol–water partition coefficient (Wildman–Crippen LogP) is 4.70. The number of nitrogens with zero attached hydrogens (tertiary/aromatic N) is 1. The van der Waals surface area contributed by atoms with Crippen LogP contribution < -0.4 is 0 Å². The first kappa shape index (κ1) is 17.9. The number of rotatable bonds is 7. The second kappa shape index (κ2) is 8.45. The molecule has 0 amide bonds. The number of ketones is 1. The molecule has 0 atom stereocenters. The summed E-state index contributed by atoms with van der Waals surface area (Å²) >= 11 is 5.85. The van der Waals surface area contributed by atoms with Gasteiger partial charge in [0.2, 0.25) is 0 Å². The van der Waals surface area contributed by atoms with Gasteiger partial charge >= 0.3 is 5.97 Å². The summed E-state index contributed by atoms with van der Waals surface area (Å²) in [6, 6.07) is 17.7. The average Bonchev–Trinajstić information content (AvgIpc) is 3.14. The van der Waals surface area contributed by atoms with Gasteiger partial charge in [0.1, 0.15) is 5.69 Å². The molecular weight excluding hydrogens is 354 g/mol. The highest BCUT2D eigenvalue weighted by Crippen LogP contribution is 2.21. The van der Waals surface area contributed by atoms with E-state index in [9.17, 15) is 9.59 Å². The van der Waals surface area contributed by atoms with Crippen molar-refractivity contribution in [2.75, 3.05) is 0 Å². The Bertz CT molecular complexity index is 888. The summed E-state index contributed by atoms with van der Waals surface area (Å²) in [7, 11) is 0. The first-order valence-electron chi connectivity index (χ1n) is 8.07. The van der Waals surface area contributed by atoms with Crippen molar-refractivity contribution in [3.63, 3.8) is 0 Å². The van der Waals surface area contributed by atoms with Crippen LogP contribution in [0.2, 0.25) is 5.02 Å². The first-order chi connectivity index (χ1) is 12.6. The van der Waals surface area contributed by atoms with Gasteiger partial charge in [-0.2, -0.15) is 0 Å². The summed E-state index contributed by atoms with van der Waals surface area (Å²) in [5, 5.41) is 4.58. The zero-order valence-electron chi connectivity index (χ0n) is 13.9. The Balaban J connectivity index is 1.47. The Kier molecular flexibility index (Phi) is 5.81. The van der Waals surface area contributed by atoms with Crippen LogP contribution in [0.3, 0.4) is 0 Å². The van der Waals surface area contributed by atoms with Crippen molar-refractivity contribution in [3.05, 3.63) is 77.0 Å². The van der Waals surface area contributed by atoms with Crippen LogP contribution >= 0.6 is 11.6 Å². The van der Waals surface area contributed by atoms with Crippen molar-refractivity contribution >= 4 is 23.4 Å². The van der Waals surface area contributed by atoms with Crippen LogP contribution in [-0.2, 0) is 16.1 Å². The molecule has 5 nitrogen and oxygen atoms in total. The summed E-state index contributed by atoms with van der Waals surface area (Å²) < 4.78 is 10.3. The van der Waals surface area contributed by atoms with E-state index in [1.54, 1.807) is 42.5 Å². The molecule has 1 heterocycles. The van der Waals surface area contributed by atoms with Crippen molar-refractivity contribution in [3.8, 4) is 11.3 Å². The van der Waals surface area contributed by atoms with Gasteiger partial charge in [-0.3, -0.25) is 9.59 Å². The van der Waals surface area contributed by atoms with Crippen molar-refractivity contribution in [2.45, 2.75) is 19.4 Å². The Labute approximate surface area is 155 Å². The molecule has 6 heteroatoms. The number of carbonyl (C=O) groups is 2. The van der Waals surface area contributed by atoms with E-state index in [2.05, 4.69) is 5.16 Å². The molecule has 0 fully saturated rings. The molecule has 3 aromatic rings. The number of aromatic nitrogens is 1. The van der Waals surface area contributed by atoms with E-state index < -0.39 is 5.97 Å². The van der Waals surface area contributed by atoms with Crippen LogP contribution in [0, 0.1) is 0 Å². The molecule has 0 saturated heterocycles. The fourth-order valence-electron chi connectivity index (χ4n) is 2.35. The summed E-state index contributed by atoms with van der Waals surface area (Å²) in [5.41, 5.74) is 2.07. The smallest absolute Gasteiger partial charge is 0.306 e. The third kappa shape index (κ3) is 4.80. The SMILES string of the molecule is O=C(CCC(=O)c1ccccc1)OCc1cc(-c2ccc(Cl)cc2)no1. The van der Waals surface area contributed by atoms with Gasteiger partial charge in [0.15, 0.2) is 18.2 Å². The van der Waals surface area contributed by atoms with Crippen molar-refractivity contribution < 1.29 is 18.8 Å². The molecule has 0 aliphatic carbocycles. The number of halogens is 1. The first-order valence-corrected chi connectivity index (χ1v) is 8.45. The number of ether oxygens (including phenoxy) is 1.